The Kier molecular flexibility index (Phi) is 4.84. The predicted molar refractivity (Wildman–Crippen MR) is 77.8 cm³/mol. The SMILES string of the molecule is O=C(Cc1cccc(F)c1F)Nc1cccc(CBr)c1. The Balaban J connectivity index is 2.07. The Hall–Kier alpha value is -1.75. The van der Waals surface area contributed by atoms with Crippen LogP contribution in [-0.4, -0.2) is 5.91 Å². The first-order valence-corrected chi connectivity index (χ1v) is 7.10. The normalized spacial score (nSPS) is 10.3. The van der Waals surface area contributed by atoms with E-state index in [1.165, 1.54) is 12.1 Å². The summed E-state index contributed by atoms with van der Waals surface area (Å²) in [6.45, 7) is 0. The van der Waals surface area contributed by atoms with E-state index in [9.17, 15) is 13.6 Å². The van der Waals surface area contributed by atoms with Crippen molar-refractivity contribution in [3.8, 4) is 0 Å². The Morgan fingerprint density at radius 2 is 1.90 bits per heavy atom. The van der Waals surface area contributed by atoms with E-state index in [1.807, 2.05) is 18.2 Å². The molecule has 2 nitrogen and oxygen atoms in total. The number of carbonyl (C=O) groups excluding carboxylic acids is 1. The zero-order valence-electron chi connectivity index (χ0n) is 10.5. The van der Waals surface area contributed by atoms with Gasteiger partial charge in [0.25, 0.3) is 0 Å². The number of rotatable bonds is 4. The topological polar surface area (TPSA) is 29.1 Å². The molecule has 0 aliphatic rings. The molecule has 0 saturated heterocycles. The maximum Gasteiger partial charge on any atom is 0.228 e. The smallest absolute Gasteiger partial charge is 0.228 e. The number of hydrogen-bond acceptors (Lipinski definition) is 1. The van der Waals surface area contributed by atoms with Gasteiger partial charge in [-0.05, 0) is 23.8 Å². The van der Waals surface area contributed by atoms with Crippen LogP contribution >= 0.6 is 15.9 Å². The van der Waals surface area contributed by atoms with Gasteiger partial charge in [0.05, 0.1) is 6.42 Å². The minimum atomic E-state index is -0.975. The van der Waals surface area contributed by atoms with E-state index in [4.69, 9.17) is 0 Å². The average Bonchev–Trinajstić information content (AvgIpc) is 2.44. The third kappa shape index (κ3) is 3.63. The number of benzene rings is 2. The number of hydrogen-bond donors (Lipinski definition) is 1. The van der Waals surface area contributed by atoms with Crippen LogP contribution in [0.2, 0.25) is 0 Å². The van der Waals surface area contributed by atoms with E-state index in [0.717, 1.165) is 11.6 Å². The number of carbonyl (C=O) groups is 1. The molecular formula is C15H12BrF2NO. The lowest BCUT2D eigenvalue weighted by atomic mass is 10.1. The molecule has 0 saturated carbocycles. The van der Waals surface area contributed by atoms with Crippen molar-refractivity contribution < 1.29 is 13.6 Å². The van der Waals surface area contributed by atoms with Crippen molar-refractivity contribution in [3.63, 3.8) is 0 Å². The molecular weight excluding hydrogens is 328 g/mol. The second-order valence-electron chi connectivity index (χ2n) is 4.27. The molecule has 0 aromatic heterocycles. The second kappa shape index (κ2) is 6.61. The van der Waals surface area contributed by atoms with Gasteiger partial charge in [-0.2, -0.15) is 0 Å². The highest BCUT2D eigenvalue weighted by atomic mass is 79.9. The summed E-state index contributed by atoms with van der Waals surface area (Å²) in [5, 5.41) is 3.34. The van der Waals surface area contributed by atoms with Crippen LogP contribution in [0.4, 0.5) is 14.5 Å². The molecule has 0 radical (unpaired) electrons. The van der Waals surface area contributed by atoms with Gasteiger partial charge >= 0.3 is 0 Å². The maximum absolute atomic E-state index is 13.5. The monoisotopic (exact) mass is 339 g/mol. The Labute approximate surface area is 123 Å². The fourth-order valence-electron chi connectivity index (χ4n) is 1.80. The van der Waals surface area contributed by atoms with Gasteiger partial charge in [0, 0.05) is 16.6 Å². The van der Waals surface area contributed by atoms with Crippen molar-refractivity contribution >= 4 is 27.5 Å². The summed E-state index contributed by atoms with van der Waals surface area (Å²) in [5.41, 5.74) is 1.68. The van der Waals surface area contributed by atoms with Crippen LogP contribution < -0.4 is 5.32 Å². The number of amides is 1. The highest BCUT2D eigenvalue weighted by Gasteiger charge is 2.11. The van der Waals surface area contributed by atoms with Crippen molar-refractivity contribution in [2.24, 2.45) is 0 Å². The largest absolute Gasteiger partial charge is 0.326 e. The second-order valence-corrected chi connectivity index (χ2v) is 4.83. The standard InChI is InChI=1S/C15H12BrF2NO/c16-9-10-3-1-5-12(7-10)19-14(20)8-11-4-2-6-13(17)15(11)18/h1-7H,8-9H2,(H,19,20). The highest BCUT2D eigenvalue weighted by molar-refractivity contribution is 9.08. The molecule has 1 amide bonds. The van der Waals surface area contributed by atoms with Crippen molar-refractivity contribution in [2.45, 2.75) is 11.8 Å². The molecule has 0 unspecified atom stereocenters. The summed E-state index contributed by atoms with van der Waals surface area (Å²) >= 11 is 3.33. The quantitative estimate of drug-likeness (QED) is 0.837. The van der Waals surface area contributed by atoms with E-state index < -0.39 is 11.6 Å². The van der Waals surface area contributed by atoms with Gasteiger partial charge in [0.1, 0.15) is 0 Å². The van der Waals surface area contributed by atoms with Gasteiger partial charge in [0.15, 0.2) is 11.6 Å². The van der Waals surface area contributed by atoms with Crippen molar-refractivity contribution in [1.29, 1.82) is 0 Å². The highest BCUT2D eigenvalue weighted by Crippen LogP contribution is 2.15. The van der Waals surface area contributed by atoms with Crippen LogP contribution in [0.3, 0.4) is 0 Å². The first-order valence-electron chi connectivity index (χ1n) is 5.98. The molecule has 20 heavy (non-hydrogen) atoms. The van der Waals surface area contributed by atoms with Crippen LogP contribution in [0.25, 0.3) is 0 Å². The third-order valence-electron chi connectivity index (χ3n) is 2.75. The van der Waals surface area contributed by atoms with E-state index >= 15 is 0 Å². The summed E-state index contributed by atoms with van der Waals surface area (Å²) in [6.07, 6.45) is -0.206. The van der Waals surface area contributed by atoms with Crippen LogP contribution in [0.15, 0.2) is 42.5 Å². The number of nitrogens with one attached hydrogen (secondary N) is 1. The Morgan fingerprint density at radius 1 is 1.15 bits per heavy atom. The van der Waals surface area contributed by atoms with Crippen molar-refractivity contribution in [1.82, 2.24) is 0 Å². The molecule has 104 valence electrons. The van der Waals surface area contributed by atoms with Gasteiger partial charge < -0.3 is 5.32 Å². The van der Waals surface area contributed by atoms with Crippen LogP contribution in [0, 0.1) is 11.6 Å². The molecule has 0 aliphatic heterocycles. The Bertz CT molecular complexity index is 631. The molecule has 0 spiro atoms. The molecule has 0 bridgehead atoms. The molecule has 2 aromatic rings. The molecule has 0 heterocycles. The summed E-state index contributed by atoms with van der Waals surface area (Å²) in [5.74, 6) is -2.31. The van der Waals surface area contributed by atoms with Gasteiger partial charge in [0.2, 0.25) is 5.91 Å². The maximum atomic E-state index is 13.5. The number of anilines is 1. The van der Waals surface area contributed by atoms with E-state index in [-0.39, 0.29) is 17.9 Å². The summed E-state index contributed by atoms with van der Waals surface area (Å²) in [4.78, 5) is 11.8. The molecule has 5 heteroatoms. The Morgan fingerprint density at radius 3 is 2.65 bits per heavy atom. The molecule has 0 atom stereocenters. The molecule has 0 fully saturated rings. The molecule has 1 N–H and O–H groups in total. The minimum absolute atomic E-state index is 0.0409. The van der Waals surface area contributed by atoms with E-state index in [2.05, 4.69) is 21.2 Å². The predicted octanol–water partition coefficient (Wildman–Crippen LogP) is 4.04. The lowest BCUT2D eigenvalue weighted by molar-refractivity contribution is -0.115. The van der Waals surface area contributed by atoms with E-state index in [1.54, 1.807) is 6.07 Å². The van der Waals surface area contributed by atoms with E-state index in [0.29, 0.717) is 11.0 Å². The summed E-state index contributed by atoms with van der Waals surface area (Å²) < 4.78 is 26.5. The fraction of sp³-hybridized carbons (Fsp3) is 0.133. The van der Waals surface area contributed by atoms with Gasteiger partial charge in [-0.1, -0.05) is 40.2 Å². The van der Waals surface area contributed by atoms with Crippen molar-refractivity contribution in [2.75, 3.05) is 5.32 Å². The zero-order valence-corrected chi connectivity index (χ0v) is 12.1. The summed E-state index contributed by atoms with van der Waals surface area (Å²) in [6, 6.07) is 11.1. The number of halogens is 3. The number of alkyl halides is 1. The molecule has 2 rings (SSSR count). The minimum Gasteiger partial charge on any atom is -0.326 e. The van der Waals surface area contributed by atoms with Gasteiger partial charge in [-0.15, -0.1) is 0 Å². The summed E-state index contributed by atoms with van der Waals surface area (Å²) in [7, 11) is 0. The van der Waals surface area contributed by atoms with Crippen molar-refractivity contribution in [3.05, 3.63) is 65.2 Å². The van der Waals surface area contributed by atoms with Gasteiger partial charge in [-0.25, -0.2) is 8.78 Å². The zero-order chi connectivity index (χ0) is 14.5. The third-order valence-corrected chi connectivity index (χ3v) is 3.40. The van der Waals surface area contributed by atoms with Crippen LogP contribution in [0.1, 0.15) is 11.1 Å². The first-order chi connectivity index (χ1) is 9.60. The molecule has 2 aromatic carbocycles. The van der Waals surface area contributed by atoms with Gasteiger partial charge in [-0.3, -0.25) is 4.79 Å². The molecule has 0 aliphatic carbocycles. The first kappa shape index (κ1) is 14.7. The average molecular weight is 340 g/mol. The van der Waals surface area contributed by atoms with Crippen LogP contribution in [0.5, 0.6) is 0 Å². The van der Waals surface area contributed by atoms with Crippen LogP contribution in [-0.2, 0) is 16.5 Å². The lowest BCUT2D eigenvalue weighted by Gasteiger charge is -2.07. The lowest BCUT2D eigenvalue weighted by Crippen LogP contribution is -2.15. The fourth-order valence-corrected chi connectivity index (χ4v) is 2.14.